The fourth-order valence-electron chi connectivity index (χ4n) is 2.38. The summed E-state index contributed by atoms with van der Waals surface area (Å²) in [5, 5.41) is 19.0. The van der Waals surface area contributed by atoms with Gasteiger partial charge in [0.1, 0.15) is 5.75 Å². The van der Waals surface area contributed by atoms with E-state index in [9.17, 15) is 10.1 Å². The molecule has 26 heavy (non-hydrogen) atoms. The molecular formula is C18H17N3O4S. The van der Waals surface area contributed by atoms with Crippen molar-refractivity contribution in [2.75, 3.05) is 0 Å². The molecule has 2 aromatic carbocycles. The Balaban J connectivity index is 1.53. The van der Waals surface area contributed by atoms with E-state index in [1.54, 1.807) is 12.1 Å². The van der Waals surface area contributed by atoms with Crippen LogP contribution >= 0.6 is 11.8 Å². The van der Waals surface area contributed by atoms with E-state index in [0.717, 1.165) is 22.4 Å². The SMILES string of the molecule is Cc1cc(C)cc(OCc2nnc(SCc3ccc([N+](=O)[O-])cc3)o2)c1. The molecule has 0 saturated heterocycles. The number of non-ortho nitro benzene ring substituents is 1. The van der Waals surface area contributed by atoms with Crippen molar-refractivity contribution >= 4 is 17.4 Å². The molecule has 1 aromatic heterocycles. The first kappa shape index (κ1) is 17.9. The van der Waals surface area contributed by atoms with Gasteiger partial charge in [-0.25, -0.2) is 0 Å². The van der Waals surface area contributed by atoms with Gasteiger partial charge in [-0.3, -0.25) is 10.1 Å². The van der Waals surface area contributed by atoms with Gasteiger partial charge in [-0.15, -0.1) is 10.2 Å². The van der Waals surface area contributed by atoms with Gasteiger partial charge in [-0.05, 0) is 42.7 Å². The third kappa shape index (κ3) is 4.82. The van der Waals surface area contributed by atoms with Crippen molar-refractivity contribution in [3.8, 4) is 5.75 Å². The van der Waals surface area contributed by atoms with E-state index in [2.05, 4.69) is 16.3 Å². The Morgan fingerprint density at radius 3 is 2.46 bits per heavy atom. The largest absolute Gasteiger partial charge is 0.484 e. The summed E-state index contributed by atoms with van der Waals surface area (Å²) in [5.74, 6) is 1.74. The maximum Gasteiger partial charge on any atom is 0.277 e. The molecule has 0 atom stereocenters. The summed E-state index contributed by atoms with van der Waals surface area (Å²) < 4.78 is 11.3. The van der Waals surface area contributed by atoms with E-state index in [4.69, 9.17) is 9.15 Å². The lowest BCUT2D eigenvalue weighted by Crippen LogP contribution is -1.96. The number of hydrogen-bond donors (Lipinski definition) is 0. The van der Waals surface area contributed by atoms with E-state index in [-0.39, 0.29) is 12.3 Å². The summed E-state index contributed by atoms with van der Waals surface area (Å²) in [6.07, 6.45) is 0. The topological polar surface area (TPSA) is 91.3 Å². The number of thioether (sulfide) groups is 1. The van der Waals surface area contributed by atoms with Crippen LogP contribution in [0.2, 0.25) is 0 Å². The van der Waals surface area contributed by atoms with Gasteiger partial charge in [0, 0.05) is 17.9 Å². The molecule has 0 amide bonds. The number of nitrogens with zero attached hydrogens (tertiary/aromatic N) is 3. The second-order valence-corrected chi connectivity index (χ2v) is 6.71. The summed E-state index contributed by atoms with van der Waals surface area (Å²) in [5.41, 5.74) is 3.27. The van der Waals surface area contributed by atoms with Crippen molar-refractivity contribution in [3.63, 3.8) is 0 Å². The van der Waals surface area contributed by atoms with Crippen LogP contribution in [0.5, 0.6) is 5.75 Å². The highest BCUT2D eigenvalue weighted by Gasteiger charge is 2.09. The Bertz CT molecular complexity index is 889. The molecule has 1 heterocycles. The third-order valence-corrected chi connectivity index (χ3v) is 4.40. The van der Waals surface area contributed by atoms with Crippen LogP contribution in [0.3, 0.4) is 0 Å². The predicted molar refractivity (Wildman–Crippen MR) is 97.2 cm³/mol. The molecule has 0 spiro atoms. The maximum atomic E-state index is 10.7. The Morgan fingerprint density at radius 2 is 1.81 bits per heavy atom. The molecule has 0 radical (unpaired) electrons. The average molecular weight is 371 g/mol. The first-order chi connectivity index (χ1) is 12.5. The van der Waals surface area contributed by atoms with Gasteiger partial charge < -0.3 is 9.15 Å². The number of aryl methyl sites for hydroxylation is 2. The molecule has 134 valence electrons. The average Bonchev–Trinajstić information content (AvgIpc) is 3.06. The van der Waals surface area contributed by atoms with Gasteiger partial charge in [0.15, 0.2) is 6.61 Å². The molecule has 0 aliphatic heterocycles. The standard InChI is InChI=1S/C18H17N3O4S/c1-12-7-13(2)9-16(8-12)24-10-17-19-20-18(25-17)26-11-14-3-5-15(6-4-14)21(22)23/h3-9H,10-11H2,1-2H3. The Kier molecular flexibility index (Phi) is 5.52. The van der Waals surface area contributed by atoms with Crippen molar-refractivity contribution in [3.05, 3.63) is 75.2 Å². The second kappa shape index (κ2) is 8.01. The molecule has 3 aromatic rings. The van der Waals surface area contributed by atoms with Gasteiger partial charge in [0.05, 0.1) is 4.92 Å². The lowest BCUT2D eigenvalue weighted by molar-refractivity contribution is -0.384. The molecule has 0 aliphatic carbocycles. The van der Waals surface area contributed by atoms with Crippen molar-refractivity contribution in [2.24, 2.45) is 0 Å². The molecule has 0 unspecified atom stereocenters. The van der Waals surface area contributed by atoms with E-state index in [0.29, 0.717) is 16.9 Å². The minimum Gasteiger partial charge on any atom is -0.484 e. The molecule has 0 N–H and O–H groups in total. The van der Waals surface area contributed by atoms with Crippen LogP contribution < -0.4 is 4.74 Å². The highest BCUT2D eigenvalue weighted by atomic mass is 32.2. The number of nitro groups is 1. The van der Waals surface area contributed by atoms with Crippen LogP contribution in [-0.2, 0) is 12.4 Å². The van der Waals surface area contributed by atoms with Crippen LogP contribution in [0.1, 0.15) is 22.6 Å². The summed E-state index contributed by atoms with van der Waals surface area (Å²) in [6.45, 7) is 4.23. The van der Waals surface area contributed by atoms with Crippen LogP contribution in [-0.4, -0.2) is 15.1 Å². The lowest BCUT2D eigenvalue weighted by atomic mass is 10.1. The summed E-state index contributed by atoms with van der Waals surface area (Å²) in [4.78, 5) is 10.2. The quantitative estimate of drug-likeness (QED) is 0.344. The second-order valence-electron chi connectivity index (χ2n) is 5.79. The zero-order valence-corrected chi connectivity index (χ0v) is 15.2. The monoisotopic (exact) mass is 371 g/mol. The Morgan fingerprint density at radius 1 is 1.12 bits per heavy atom. The molecule has 0 saturated carbocycles. The minimum atomic E-state index is -0.420. The molecular weight excluding hydrogens is 354 g/mol. The third-order valence-electron chi connectivity index (χ3n) is 3.52. The number of hydrogen-bond acceptors (Lipinski definition) is 7. The summed E-state index contributed by atoms with van der Waals surface area (Å²) in [6, 6.07) is 12.4. The number of ether oxygens (including phenoxy) is 1. The lowest BCUT2D eigenvalue weighted by Gasteiger charge is -2.05. The molecule has 0 fully saturated rings. The molecule has 0 bridgehead atoms. The molecule has 0 aliphatic rings. The zero-order chi connectivity index (χ0) is 18.5. The fourth-order valence-corrected chi connectivity index (χ4v) is 3.11. The molecule has 3 rings (SSSR count). The fraction of sp³-hybridized carbons (Fsp3) is 0.222. The highest BCUT2D eigenvalue weighted by Crippen LogP contribution is 2.23. The van der Waals surface area contributed by atoms with Crippen LogP contribution in [0.4, 0.5) is 5.69 Å². The van der Waals surface area contributed by atoms with Gasteiger partial charge in [0.25, 0.3) is 16.8 Å². The maximum absolute atomic E-state index is 10.7. The van der Waals surface area contributed by atoms with Gasteiger partial charge in [-0.2, -0.15) is 0 Å². The number of benzene rings is 2. The van der Waals surface area contributed by atoms with E-state index in [1.165, 1.54) is 23.9 Å². The van der Waals surface area contributed by atoms with Gasteiger partial charge in [-0.1, -0.05) is 30.0 Å². The Labute approximate surface area is 154 Å². The smallest absolute Gasteiger partial charge is 0.277 e. The van der Waals surface area contributed by atoms with Gasteiger partial charge in [0.2, 0.25) is 0 Å². The van der Waals surface area contributed by atoms with Gasteiger partial charge >= 0.3 is 0 Å². The normalized spacial score (nSPS) is 10.7. The Hall–Kier alpha value is -2.87. The van der Waals surface area contributed by atoms with Crippen LogP contribution in [0.25, 0.3) is 0 Å². The van der Waals surface area contributed by atoms with Crippen molar-refractivity contribution in [1.29, 1.82) is 0 Å². The summed E-state index contributed by atoms with van der Waals surface area (Å²) >= 11 is 1.37. The number of aromatic nitrogens is 2. The van der Waals surface area contributed by atoms with Crippen molar-refractivity contribution in [2.45, 2.75) is 31.4 Å². The highest BCUT2D eigenvalue weighted by molar-refractivity contribution is 7.98. The van der Waals surface area contributed by atoms with E-state index >= 15 is 0 Å². The zero-order valence-electron chi connectivity index (χ0n) is 14.3. The minimum absolute atomic E-state index is 0.0716. The molecule has 8 heteroatoms. The predicted octanol–water partition coefficient (Wildman–Crippen LogP) is 4.47. The van der Waals surface area contributed by atoms with E-state index in [1.807, 2.05) is 26.0 Å². The number of rotatable bonds is 7. The first-order valence-electron chi connectivity index (χ1n) is 7.89. The summed E-state index contributed by atoms with van der Waals surface area (Å²) in [7, 11) is 0. The van der Waals surface area contributed by atoms with Crippen molar-refractivity contribution < 1.29 is 14.1 Å². The van der Waals surface area contributed by atoms with E-state index < -0.39 is 4.92 Å². The molecule has 7 nitrogen and oxygen atoms in total. The first-order valence-corrected chi connectivity index (χ1v) is 8.88. The number of nitro benzene ring substituents is 1. The van der Waals surface area contributed by atoms with Crippen LogP contribution in [0.15, 0.2) is 52.1 Å². The van der Waals surface area contributed by atoms with Crippen LogP contribution in [0, 0.1) is 24.0 Å². The van der Waals surface area contributed by atoms with Crippen molar-refractivity contribution in [1.82, 2.24) is 10.2 Å².